The van der Waals surface area contributed by atoms with Crippen LogP contribution in [-0.4, -0.2) is 56.3 Å². The molecule has 1 atom stereocenters. The quantitative estimate of drug-likeness (QED) is 0.661. The van der Waals surface area contributed by atoms with Gasteiger partial charge in [-0.15, -0.1) is 0 Å². The van der Waals surface area contributed by atoms with Gasteiger partial charge in [0.05, 0.1) is 5.75 Å². The fraction of sp³-hybridized carbons (Fsp3) is 1.00. The number of hydrogen-bond acceptors (Lipinski definition) is 5. The van der Waals surface area contributed by atoms with E-state index in [0.29, 0.717) is 18.3 Å². The highest BCUT2D eigenvalue weighted by Gasteiger charge is 2.17. The Labute approximate surface area is 107 Å². The number of nitrogens with one attached hydrogen (secondary N) is 2. The minimum atomic E-state index is -3.09. The lowest BCUT2D eigenvalue weighted by Crippen LogP contribution is -2.37. The Morgan fingerprint density at radius 2 is 2.19 bits per heavy atom. The minimum Gasteiger partial charge on any atom is -0.316 e. The summed E-state index contributed by atoms with van der Waals surface area (Å²) in [6.45, 7) is 3.88. The summed E-state index contributed by atoms with van der Waals surface area (Å²) < 4.78 is 25.8. The van der Waals surface area contributed by atoms with Crippen molar-refractivity contribution in [2.24, 2.45) is 0 Å². The van der Waals surface area contributed by atoms with Crippen molar-refractivity contribution in [1.82, 2.24) is 10.0 Å². The molecule has 0 bridgehead atoms. The van der Waals surface area contributed by atoms with Crippen LogP contribution in [0, 0.1) is 0 Å². The summed E-state index contributed by atoms with van der Waals surface area (Å²) in [5, 5.41) is 3.45. The number of hydrogen-bond donors (Lipinski definition) is 2. The van der Waals surface area contributed by atoms with E-state index >= 15 is 0 Å². The van der Waals surface area contributed by atoms with Gasteiger partial charge < -0.3 is 5.32 Å². The van der Waals surface area contributed by atoms with Crippen molar-refractivity contribution in [3.63, 3.8) is 0 Å². The van der Waals surface area contributed by atoms with Crippen LogP contribution in [0.1, 0.15) is 6.92 Å². The Morgan fingerprint density at radius 3 is 2.81 bits per heavy atom. The van der Waals surface area contributed by atoms with E-state index in [4.69, 9.17) is 0 Å². The normalized spacial score (nSPS) is 22.2. The van der Waals surface area contributed by atoms with Crippen LogP contribution >= 0.6 is 23.5 Å². The summed E-state index contributed by atoms with van der Waals surface area (Å²) in [6.07, 6.45) is 0. The predicted octanol–water partition coefficient (Wildman–Crippen LogP) is 0.364. The first-order valence-corrected chi connectivity index (χ1v) is 9.37. The van der Waals surface area contributed by atoms with E-state index in [-0.39, 0.29) is 5.75 Å². The van der Waals surface area contributed by atoms with Crippen LogP contribution in [0.2, 0.25) is 0 Å². The molecule has 7 heteroatoms. The molecule has 96 valence electrons. The summed E-state index contributed by atoms with van der Waals surface area (Å²) in [5.41, 5.74) is 0. The fourth-order valence-corrected chi connectivity index (χ4v) is 5.06. The summed E-state index contributed by atoms with van der Waals surface area (Å²) in [6, 6.07) is 0. The highest BCUT2D eigenvalue weighted by atomic mass is 32.2. The number of sulfonamides is 1. The van der Waals surface area contributed by atoms with Crippen molar-refractivity contribution in [3.05, 3.63) is 0 Å². The van der Waals surface area contributed by atoms with Crippen molar-refractivity contribution >= 4 is 33.5 Å². The van der Waals surface area contributed by atoms with E-state index in [1.807, 2.05) is 30.4 Å². The van der Waals surface area contributed by atoms with E-state index in [1.165, 1.54) is 5.75 Å². The van der Waals surface area contributed by atoms with Gasteiger partial charge in [0.25, 0.3) is 0 Å². The summed E-state index contributed by atoms with van der Waals surface area (Å²) >= 11 is 3.78. The Kier molecular flexibility index (Phi) is 7.14. The van der Waals surface area contributed by atoms with Gasteiger partial charge in [-0.3, -0.25) is 0 Å². The summed E-state index contributed by atoms with van der Waals surface area (Å²) in [7, 11) is -3.09. The highest BCUT2D eigenvalue weighted by Crippen LogP contribution is 2.23. The van der Waals surface area contributed by atoms with E-state index in [2.05, 4.69) is 10.0 Å². The lowest BCUT2D eigenvalue weighted by Gasteiger charge is -2.21. The number of rotatable bonds is 7. The number of thioether (sulfide) groups is 2. The molecule has 0 spiro atoms. The van der Waals surface area contributed by atoms with Gasteiger partial charge in [0.2, 0.25) is 10.0 Å². The monoisotopic (exact) mass is 284 g/mol. The molecule has 1 aliphatic rings. The van der Waals surface area contributed by atoms with Crippen LogP contribution in [0.4, 0.5) is 0 Å². The van der Waals surface area contributed by atoms with Crippen LogP contribution in [0.25, 0.3) is 0 Å². The zero-order valence-electron chi connectivity index (χ0n) is 9.57. The third kappa shape index (κ3) is 6.34. The molecule has 16 heavy (non-hydrogen) atoms. The fourth-order valence-electron chi connectivity index (χ4n) is 1.33. The summed E-state index contributed by atoms with van der Waals surface area (Å²) in [4.78, 5) is 0. The minimum absolute atomic E-state index is 0.172. The van der Waals surface area contributed by atoms with Crippen molar-refractivity contribution in [3.8, 4) is 0 Å². The van der Waals surface area contributed by atoms with Gasteiger partial charge in [0, 0.05) is 35.6 Å². The van der Waals surface area contributed by atoms with E-state index in [1.54, 1.807) is 0 Å². The Balaban J connectivity index is 2.18. The first-order valence-electron chi connectivity index (χ1n) is 5.51. The lowest BCUT2D eigenvalue weighted by molar-refractivity contribution is 0.577. The second kappa shape index (κ2) is 7.81. The van der Waals surface area contributed by atoms with Crippen molar-refractivity contribution in [2.45, 2.75) is 12.2 Å². The Morgan fingerprint density at radius 1 is 1.38 bits per heavy atom. The second-order valence-electron chi connectivity index (χ2n) is 3.59. The van der Waals surface area contributed by atoms with Crippen LogP contribution in [0.15, 0.2) is 0 Å². The molecule has 0 aromatic carbocycles. The molecule has 1 aliphatic heterocycles. The van der Waals surface area contributed by atoms with Crippen LogP contribution in [0.5, 0.6) is 0 Å². The predicted molar refractivity (Wildman–Crippen MR) is 73.9 cm³/mol. The molecular weight excluding hydrogens is 264 g/mol. The lowest BCUT2D eigenvalue weighted by atomic mass is 10.5. The van der Waals surface area contributed by atoms with E-state index < -0.39 is 10.0 Å². The van der Waals surface area contributed by atoms with Crippen molar-refractivity contribution < 1.29 is 8.42 Å². The van der Waals surface area contributed by atoms with Crippen molar-refractivity contribution in [1.29, 1.82) is 0 Å². The molecule has 1 rings (SSSR count). The molecule has 0 amide bonds. The standard InChI is InChI=1S/C9H20N2O2S3/c1-2-10-3-6-16(12,13)11-7-9-8-14-4-5-15-9/h9-11H,2-8H2,1H3. The van der Waals surface area contributed by atoms with Crippen LogP contribution in [0.3, 0.4) is 0 Å². The maximum Gasteiger partial charge on any atom is 0.212 e. The first-order chi connectivity index (χ1) is 7.64. The average molecular weight is 284 g/mol. The maximum absolute atomic E-state index is 11.6. The zero-order valence-corrected chi connectivity index (χ0v) is 12.0. The molecule has 0 radical (unpaired) electrons. The van der Waals surface area contributed by atoms with E-state index in [0.717, 1.165) is 18.1 Å². The van der Waals surface area contributed by atoms with Gasteiger partial charge in [-0.1, -0.05) is 6.92 Å². The molecule has 1 unspecified atom stereocenters. The molecule has 1 fully saturated rings. The third-order valence-electron chi connectivity index (χ3n) is 2.21. The van der Waals surface area contributed by atoms with Gasteiger partial charge in [0.15, 0.2) is 0 Å². The maximum atomic E-state index is 11.6. The molecule has 2 N–H and O–H groups in total. The molecular formula is C9H20N2O2S3. The SMILES string of the molecule is CCNCCS(=O)(=O)NCC1CSCCS1. The average Bonchev–Trinajstić information content (AvgIpc) is 2.28. The molecule has 1 saturated heterocycles. The highest BCUT2D eigenvalue weighted by molar-refractivity contribution is 8.06. The van der Waals surface area contributed by atoms with Gasteiger partial charge in [0.1, 0.15) is 0 Å². The second-order valence-corrected chi connectivity index (χ2v) is 8.07. The Bertz CT molecular complexity index is 276. The van der Waals surface area contributed by atoms with Gasteiger partial charge in [-0.2, -0.15) is 23.5 Å². The van der Waals surface area contributed by atoms with Crippen molar-refractivity contribution in [2.75, 3.05) is 42.6 Å². The first kappa shape index (κ1) is 14.6. The molecule has 0 saturated carbocycles. The smallest absolute Gasteiger partial charge is 0.212 e. The third-order valence-corrected chi connectivity index (χ3v) is 6.41. The van der Waals surface area contributed by atoms with Gasteiger partial charge in [-0.05, 0) is 6.54 Å². The van der Waals surface area contributed by atoms with Gasteiger partial charge >= 0.3 is 0 Å². The topological polar surface area (TPSA) is 58.2 Å². The molecule has 0 aromatic rings. The molecule has 1 heterocycles. The van der Waals surface area contributed by atoms with Crippen LogP contribution < -0.4 is 10.0 Å². The molecule has 0 aromatic heterocycles. The molecule has 4 nitrogen and oxygen atoms in total. The van der Waals surface area contributed by atoms with E-state index in [9.17, 15) is 8.42 Å². The van der Waals surface area contributed by atoms with Gasteiger partial charge in [-0.25, -0.2) is 13.1 Å². The zero-order chi connectivity index (χ0) is 11.9. The largest absolute Gasteiger partial charge is 0.316 e. The summed E-state index contributed by atoms with van der Waals surface area (Å²) in [5.74, 6) is 3.55. The van der Waals surface area contributed by atoms with Crippen LogP contribution in [-0.2, 0) is 10.0 Å². The molecule has 0 aliphatic carbocycles. The Hall–Kier alpha value is 0.570.